The molecule has 0 amide bonds. The third-order valence-corrected chi connectivity index (χ3v) is 10.0. The Kier molecular flexibility index (Phi) is 7.37. The van der Waals surface area contributed by atoms with Crippen LogP contribution >= 0.6 is 0 Å². The average molecular weight is 626 g/mol. The van der Waals surface area contributed by atoms with Gasteiger partial charge in [-0.3, -0.25) is 0 Å². The average Bonchev–Trinajstić information content (AvgIpc) is 3.19. The van der Waals surface area contributed by atoms with Crippen molar-refractivity contribution in [2.75, 3.05) is 4.90 Å². The first kappa shape index (κ1) is 29.0. The Bertz CT molecular complexity index is 2500. The maximum absolute atomic E-state index is 2.41. The summed E-state index contributed by atoms with van der Waals surface area (Å²) in [7, 11) is 0. The normalized spacial score (nSPS) is 14.2. The van der Waals surface area contributed by atoms with E-state index in [1.807, 2.05) is 0 Å². The van der Waals surface area contributed by atoms with Gasteiger partial charge in [-0.25, -0.2) is 0 Å². The van der Waals surface area contributed by atoms with Crippen LogP contribution < -0.4 is 15.3 Å². The van der Waals surface area contributed by atoms with Gasteiger partial charge >= 0.3 is 0 Å². The van der Waals surface area contributed by atoms with Crippen LogP contribution in [0.25, 0.3) is 32.7 Å². The van der Waals surface area contributed by atoms with Crippen molar-refractivity contribution in [1.29, 1.82) is 0 Å². The summed E-state index contributed by atoms with van der Waals surface area (Å²) in [6.45, 7) is 0. The van der Waals surface area contributed by atoms with E-state index in [2.05, 4.69) is 199 Å². The SMILES string of the molecule is c1ccc(C2=c3c(c4ccc(N(c5ccccc5)c5ccccc5)cc4c4ccccc34)=C(c3ccccc3)C(c3ccccc3)C2)cc1. The molecule has 0 radical (unpaired) electrons. The lowest BCUT2D eigenvalue weighted by Gasteiger charge is -2.30. The molecule has 0 aliphatic heterocycles. The molecule has 1 heteroatoms. The molecule has 0 heterocycles. The van der Waals surface area contributed by atoms with Crippen LogP contribution in [0.15, 0.2) is 194 Å². The quantitative estimate of drug-likeness (QED) is 0.166. The second kappa shape index (κ2) is 12.4. The summed E-state index contributed by atoms with van der Waals surface area (Å²) in [6.07, 6.45) is 0.925. The standard InChI is InChI=1S/C48H35N/c1-6-18-34(19-7-1)43-33-44(35-20-8-2-9-21-35)47-41-29-17-16-28-40(41)45-32-39(30-31-42(45)48(47)46(43)36-22-10-3-11-23-36)49(37-24-12-4-13-25-37)38-26-14-5-15-27-38/h1-32,43H,33H2. The van der Waals surface area contributed by atoms with Crippen molar-refractivity contribution in [1.82, 2.24) is 0 Å². The third-order valence-electron chi connectivity index (χ3n) is 10.0. The molecule has 49 heavy (non-hydrogen) atoms. The lowest BCUT2D eigenvalue weighted by molar-refractivity contribution is 0.876. The molecule has 1 aliphatic rings. The highest BCUT2D eigenvalue weighted by Gasteiger charge is 2.28. The minimum atomic E-state index is 0.195. The molecular formula is C48H35N. The smallest absolute Gasteiger partial charge is 0.0468 e. The number of nitrogens with zero attached hydrogens (tertiary/aromatic N) is 1. The van der Waals surface area contributed by atoms with Crippen LogP contribution in [0, 0.1) is 0 Å². The van der Waals surface area contributed by atoms with E-state index in [0.717, 1.165) is 23.5 Å². The summed E-state index contributed by atoms with van der Waals surface area (Å²) in [5, 5.41) is 7.82. The highest BCUT2D eigenvalue weighted by atomic mass is 15.1. The van der Waals surface area contributed by atoms with Gasteiger partial charge in [-0.05, 0) is 103 Å². The zero-order valence-corrected chi connectivity index (χ0v) is 27.2. The molecule has 0 aromatic heterocycles. The van der Waals surface area contributed by atoms with Crippen molar-refractivity contribution < 1.29 is 0 Å². The van der Waals surface area contributed by atoms with Crippen LogP contribution in [0.2, 0.25) is 0 Å². The zero-order chi connectivity index (χ0) is 32.6. The van der Waals surface area contributed by atoms with Crippen molar-refractivity contribution in [3.8, 4) is 0 Å². The Morgan fingerprint density at radius 2 is 0.857 bits per heavy atom. The first-order chi connectivity index (χ1) is 24.3. The number of anilines is 3. The van der Waals surface area contributed by atoms with E-state index in [0.29, 0.717) is 0 Å². The monoisotopic (exact) mass is 625 g/mol. The molecule has 0 bridgehead atoms. The van der Waals surface area contributed by atoms with Gasteiger partial charge in [-0.1, -0.05) is 158 Å². The summed E-state index contributed by atoms with van der Waals surface area (Å²) >= 11 is 0. The van der Waals surface area contributed by atoms with Crippen LogP contribution in [0.3, 0.4) is 0 Å². The largest absolute Gasteiger partial charge is 0.310 e. The van der Waals surface area contributed by atoms with Crippen LogP contribution in [0.5, 0.6) is 0 Å². The first-order valence-corrected chi connectivity index (χ1v) is 17.1. The summed E-state index contributed by atoms with van der Waals surface area (Å²) < 4.78 is 0. The summed E-state index contributed by atoms with van der Waals surface area (Å²) in [5.74, 6) is 0.195. The van der Waals surface area contributed by atoms with Gasteiger partial charge in [0.15, 0.2) is 0 Å². The van der Waals surface area contributed by atoms with E-state index < -0.39 is 0 Å². The predicted molar refractivity (Wildman–Crippen MR) is 207 cm³/mol. The van der Waals surface area contributed by atoms with E-state index in [1.165, 1.54) is 59.8 Å². The molecule has 0 saturated carbocycles. The Morgan fingerprint density at radius 3 is 1.47 bits per heavy atom. The van der Waals surface area contributed by atoms with E-state index in [-0.39, 0.29) is 5.92 Å². The zero-order valence-electron chi connectivity index (χ0n) is 27.2. The lowest BCUT2D eigenvalue weighted by atomic mass is 9.74. The number of fused-ring (bicyclic) bond motifs is 6. The molecule has 8 aromatic rings. The minimum absolute atomic E-state index is 0.195. The summed E-state index contributed by atoms with van der Waals surface area (Å²) in [5.41, 5.74) is 10.1. The Hall–Kier alpha value is -6.18. The van der Waals surface area contributed by atoms with Gasteiger partial charge in [-0.2, -0.15) is 0 Å². The Balaban J connectivity index is 1.47. The van der Waals surface area contributed by atoms with Gasteiger partial charge in [0.1, 0.15) is 0 Å². The maximum Gasteiger partial charge on any atom is 0.0468 e. The van der Waals surface area contributed by atoms with Crippen LogP contribution in [-0.2, 0) is 0 Å². The van der Waals surface area contributed by atoms with Gasteiger partial charge in [0.25, 0.3) is 0 Å². The van der Waals surface area contributed by atoms with E-state index in [4.69, 9.17) is 0 Å². The topological polar surface area (TPSA) is 3.24 Å². The van der Waals surface area contributed by atoms with Crippen LogP contribution in [-0.4, -0.2) is 0 Å². The number of rotatable bonds is 6. The van der Waals surface area contributed by atoms with E-state index in [1.54, 1.807) is 0 Å². The molecule has 0 saturated heterocycles. The van der Waals surface area contributed by atoms with Crippen molar-refractivity contribution in [3.63, 3.8) is 0 Å². The third kappa shape index (κ3) is 5.12. The fourth-order valence-corrected chi connectivity index (χ4v) is 7.93. The number of para-hydroxylation sites is 2. The van der Waals surface area contributed by atoms with Crippen LogP contribution in [0.1, 0.15) is 29.0 Å². The van der Waals surface area contributed by atoms with Gasteiger partial charge in [0.05, 0.1) is 0 Å². The predicted octanol–water partition coefficient (Wildman–Crippen LogP) is 11.0. The number of benzene rings is 8. The molecule has 1 aliphatic carbocycles. The summed E-state index contributed by atoms with van der Waals surface area (Å²) in [6, 6.07) is 70.7. The van der Waals surface area contributed by atoms with E-state index in [9.17, 15) is 0 Å². The van der Waals surface area contributed by atoms with Crippen molar-refractivity contribution in [2.24, 2.45) is 0 Å². The molecule has 232 valence electrons. The van der Waals surface area contributed by atoms with Gasteiger partial charge < -0.3 is 4.90 Å². The number of hydrogen-bond donors (Lipinski definition) is 0. The first-order valence-electron chi connectivity index (χ1n) is 17.1. The molecule has 8 aromatic carbocycles. The fourth-order valence-electron chi connectivity index (χ4n) is 7.93. The molecule has 0 spiro atoms. The molecule has 0 N–H and O–H groups in total. The summed E-state index contributed by atoms with van der Waals surface area (Å²) in [4.78, 5) is 2.36. The minimum Gasteiger partial charge on any atom is -0.310 e. The Labute approximate surface area is 287 Å². The van der Waals surface area contributed by atoms with Crippen molar-refractivity contribution in [3.05, 3.63) is 221 Å². The second-order valence-electron chi connectivity index (χ2n) is 12.8. The second-order valence-corrected chi connectivity index (χ2v) is 12.8. The van der Waals surface area contributed by atoms with Gasteiger partial charge in [0.2, 0.25) is 0 Å². The molecule has 1 atom stereocenters. The molecule has 0 fully saturated rings. The number of hydrogen-bond acceptors (Lipinski definition) is 1. The molecule has 1 nitrogen and oxygen atoms in total. The highest BCUT2D eigenvalue weighted by molar-refractivity contribution is 6.11. The highest BCUT2D eigenvalue weighted by Crippen LogP contribution is 2.41. The maximum atomic E-state index is 2.41. The fraction of sp³-hybridized carbons (Fsp3) is 0.0417. The molecule has 9 rings (SSSR count). The van der Waals surface area contributed by atoms with E-state index >= 15 is 0 Å². The molecule has 1 unspecified atom stereocenters. The van der Waals surface area contributed by atoms with Crippen molar-refractivity contribution >= 4 is 49.8 Å². The Morgan fingerprint density at radius 1 is 0.367 bits per heavy atom. The van der Waals surface area contributed by atoms with Crippen molar-refractivity contribution in [2.45, 2.75) is 12.3 Å². The lowest BCUT2D eigenvalue weighted by Crippen LogP contribution is -2.37. The van der Waals surface area contributed by atoms with Gasteiger partial charge in [-0.15, -0.1) is 0 Å². The van der Waals surface area contributed by atoms with Crippen LogP contribution in [0.4, 0.5) is 17.1 Å². The van der Waals surface area contributed by atoms with Gasteiger partial charge in [0, 0.05) is 23.0 Å². The molecular weight excluding hydrogens is 591 g/mol.